The van der Waals surface area contributed by atoms with E-state index in [9.17, 15) is 22.8 Å². The Hall–Kier alpha value is -2.83. The number of hydrogen-bond donors (Lipinski definition) is 1. The standard InChI is InChI=1S/C22H23F3N2O2/c23-22(24,25)18-9-4-8-17(14-18)19(15-27-13-5-10-21(27)29)26-20(28)12-11-16-6-2-1-3-7-16/h1-4,6-9,14,19H,5,10-13,15H2,(H,26,28). The lowest BCUT2D eigenvalue weighted by Crippen LogP contribution is -2.38. The van der Waals surface area contributed by atoms with Crippen LogP contribution in [0.1, 0.15) is 42.0 Å². The van der Waals surface area contributed by atoms with Gasteiger partial charge < -0.3 is 10.2 Å². The monoisotopic (exact) mass is 404 g/mol. The molecule has 1 N–H and O–H groups in total. The molecule has 29 heavy (non-hydrogen) atoms. The summed E-state index contributed by atoms with van der Waals surface area (Å²) in [7, 11) is 0. The molecule has 1 aliphatic rings. The average molecular weight is 404 g/mol. The number of amides is 2. The molecule has 0 radical (unpaired) electrons. The molecule has 1 aliphatic heterocycles. The molecule has 0 aliphatic carbocycles. The number of hydrogen-bond acceptors (Lipinski definition) is 2. The molecule has 1 atom stereocenters. The molecule has 2 amide bonds. The van der Waals surface area contributed by atoms with Crippen molar-refractivity contribution in [3.63, 3.8) is 0 Å². The van der Waals surface area contributed by atoms with Gasteiger partial charge in [-0.25, -0.2) is 0 Å². The number of carbonyl (C=O) groups is 2. The van der Waals surface area contributed by atoms with E-state index in [4.69, 9.17) is 0 Å². The van der Waals surface area contributed by atoms with Gasteiger partial charge in [-0.05, 0) is 36.1 Å². The molecule has 3 rings (SSSR count). The maximum atomic E-state index is 13.1. The van der Waals surface area contributed by atoms with Crippen LogP contribution in [-0.2, 0) is 22.2 Å². The molecule has 7 heteroatoms. The number of likely N-dealkylation sites (tertiary alicyclic amines) is 1. The van der Waals surface area contributed by atoms with Crippen molar-refractivity contribution in [2.24, 2.45) is 0 Å². The molecular formula is C22H23F3N2O2. The van der Waals surface area contributed by atoms with Crippen molar-refractivity contribution in [3.8, 4) is 0 Å². The van der Waals surface area contributed by atoms with Crippen molar-refractivity contribution >= 4 is 11.8 Å². The lowest BCUT2D eigenvalue weighted by Gasteiger charge is -2.26. The third kappa shape index (κ3) is 5.82. The van der Waals surface area contributed by atoms with E-state index >= 15 is 0 Å². The van der Waals surface area contributed by atoms with Gasteiger partial charge in [0.2, 0.25) is 11.8 Å². The number of carbonyl (C=O) groups excluding carboxylic acids is 2. The van der Waals surface area contributed by atoms with Crippen molar-refractivity contribution < 1.29 is 22.8 Å². The Morgan fingerprint density at radius 1 is 1.10 bits per heavy atom. The van der Waals surface area contributed by atoms with Crippen LogP contribution in [0.5, 0.6) is 0 Å². The highest BCUT2D eigenvalue weighted by Crippen LogP contribution is 2.31. The molecule has 0 saturated carbocycles. The lowest BCUT2D eigenvalue weighted by atomic mass is 10.0. The molecule has 4 nitrogen and oxygen atoms in total. The highest BCUT2D eigenvalue weighted by Gasteiger charge is 2.32. The quantitative estimate of drug-likeness (QED) is 0.755. The Morgan fingerprint density at radius 3 is 2.52 bits per heavy atom. The van der Waals surface area contributed by atoms with Crippen LogP contribution < -0.4 is 5.32 Å². The number of nitrogens with zero attached hydrogens (tertiary/aromatic N) is 1. The first kappa shape index (κ1) is 20.9. The molecule has 0 bridgehead atoms. The first-order chi connectivity index (χ1) is 13.8. The van der Waals surface area contributed by atoms with Crippen LogP contribution in [0, 0.1) is 0 Å². The summed E-state index contributed by atoms with van der Waals surface area (Å²) in [6, 6.07) is 13.7. The number of benzene rings is 2. The molecule has 2 aromatic carbocycles. The maximum absolute atomic E-state index is 13.1. The second-order valence-corrected chi connectivity index (χ2v) is 7.17. The van der Waals surface area contributed by atoms with Crippen molar-refractivity contribution in [2.45, 2.75) is 37.9 Å². The first-order valence-corrected chi connectivity index (χ1v) is 9.61. The Kier molecular flexibility index (Phi) is 6.56. The number of aryl methyl sites for hydroxylation is 1. The van der Waals surface area contributed by atoms with Crippen LogP contribution in [0.2, 0.25) is 0 Å². The summed E-state index contributed by atoms with van der Waals surface area (Å²) in [5.41, 5.74) is 0.576. The molecule has 0 spiro atoms. The highest BCUT2D eigenvalue weighted by atomic mass is 19.4. The van der Waals surface area contributed by atoms with E-state index in [1.165, 1.54) is 6.07 Å². The molecule has 2 aromatic rings. The molecule has 154 valence electrons. The second-order valence-electron chi connectivity index (χ2n) is 7.17. The van der Waals surface area contributed by atoms with Crippen molar-refractivity contribution in [2.75, 3.05) is 13.1 Å². The highest BCUT2D eigenvalue weighted by molar-refractivity contribution is 5.79. The van der Waals surface area contributed by atoms with Crippen LogP contribution in [0.3, 0.4) is 0 Å². The third-order valence-electron chi connectivity index (χ3n) is 5.01. The predicted molar refractivity (Wildman–Crippen MR) is 103 cm³/mol. The minimum atomic E-state index is -4.47. The summed E-state index contributed by atoms with van der Waals surface area (Å²) in [5, 5.41) is 2.83. The molecule has 1 unspecified atom stereocenters. The van der Waals surface area contributed by atoms with E-state index in [2.05, 4.69) is 5.32 Å². The smallest absolute Gasteiger partial charge is 0.347 e. The summed E-state index contributed by atoms with van der Waals surface area (Å²) < 4.78 is 39.4. The van der Waals surface area contributed by atoms with Gasteiger partial charge in [-0.1, -0.05) is 42.5 Å². The molecule has 1 fully saturated rings. The Balaban J connectivity index is 1.74. The topological polar surface area (TPSA) is 49.4 Å². The minimum Gasteiger partial charge on any atom is -0.347 e. The van der Waals surface area contributed by atoms with E-state index in [1.807, 2.05) is 30.3 Å². The van der Waals surface area contributed by atoms with Crippen molar-refractivity contribution in [1.29, 1.82) is 0 Å². The van der Waals surface area contributed by atoms with E-state index in [-0.39, 0.29) is 24.8 Å². The van der Waals surface area contributed by atoms with E-state index < -0.39 is 17.8 Å². The van der Waals surface area contributed by atoms with Gasteiger partial charge >= 0.3 is 6.18 Å². The minimum absolute atomic E-state index is 0.0412. The van der Waals surface area contributed by atoms with Gasteiger partial charge in [-0.3, -0.25) is 9.59 Å². The van der Waals surface area contributed by atoms with Gasteiger partial charge in [-0.2, -0.15) is 13.2 Å². The first-order valence-electron chi connectivity index (χ1n) is 9.61. The largest absolute Gasteiger partial charge is 0.416 e. The van der Waals surface area contributed by atoms with Crippen molar-refractivity contribution in [1.82, 2.24) is 10.2 Å². The number of rotatable bonds is 7. The molecular weight excluding hydrogens is 381 g/mol. The van der Waals surface area contributed by atoms with E-state index in [1.54, 1.807) is 11.0 Å². The molecule has 0 aromatic heterocycles. The Bertz CT molecular complexity index is 853. The zero-order valence-electron chi connectivity index (χ0n) is 15.9. The normalized spacial score (nSPS) is 15.4. The maximum Gasteiger partial charge on any atom is 0.416 e. The molecule has 1 saturated heterocycles. The van der Waals surface area contributed by atoms with E-state index in [0.717, 1.165) is 24.1 Å². The van der Waals surface area contributed by atoms with Gasteiger partial charge in [0.1, 0.15) is 0 Å². The average Bonchev–Trinajstić information content (AvgIpc) is 3.11. The summed E-state index contributed by atoms with van der Waals surface area (Å²) in [4.78, 5) is 26.1. The third-order valence-corrected chi connectivity index (χ3v) is 5.01. The van der Waals surface area contributed by atoms with Crippen LogP contribution in [-0.4, -0.2) is 29.8 Å². The zero-order chi connectivity index (χ0) is 20.9. The van der Waals surface area contributed by atoms with Gasteiger partial charge in [0, 0.05) is 25.9 Å². The number of alkyl halides is 3. The molecule has 1 heterocycles. The SMILES string of the molecule is O=C(CCc1ccccc1)NC(CN1CCCC1=O)c1cccc(C(F)(F)F)c1. The van der Waals surface area contributed by atoms with Crippen LogP contribution in [0.15, 0.2) is 54.6 Å². The number of halogens is 3. The number of nitrogens with one attached hydrogen (secondary N) is 1. The van der Waals surface area contributed by atoms with Crippen molar-refractivity contribution in [3.05, 3.63) is 71.3 Å². The zero-order valence-corrected chi connectivity index (χ0v) is 15.9. The summed E-state index contributed by atoms with van der Waals surface area (Å²) >= 11 is 0. The summed E-state index contributed by atoms with van der Waals surface area (Å²) in [6.45, 7) is 0.714. The van der Waals surface area contributed by atoms with Gasteiger partial charge in [-0.15, -0.1) is 0 Å². The fraction of sp³-hybridized carbons (Fsp3) is 0.364. The van der Waals surface area contributed by atoms with Crippen LogP contribution in [0.4, 0.5) is 13.2 Å². The fourth-order valence-corrected chi connectivity index (χ4v) is 3.45. The van der Waals surface area contributed by atoms with Crippen LogP contribution in [0.25, 0.3) is 0 Å². The lowest BCUT2D eigenvalue weighted by molar-refractivity contribution is -0.137. The van der Waals surface area contributed by atoms with Crippen LogP contribution >= 0.6 is 0 Å². The second kappa shape index (κ2) is 9.11. The van der Waals surface area contributed by atoms with Gasteiger partial charge in [0.05, 0.1) is 11.6 Å². The Labute approximate surface area is 167 Å². The predicted octanol–water partition coefficient (Wildman–Crippen LogP) is 4.12. The van der Waals surface area contributed by atoms with E-state index in [0.29, 0.717) is 24.9 Å². The van der Waals surface area contributed by atoms with Gasteiger partial charge in [0.25, 0.3) is 0 Å². The fourth-order valence-electron chi connectivity index (χ4n) is 3.45. The summed E-state index contributed by atoms with van der Waals surface area (Å²) in [6.07, 6.45) is -2.58. The van der Waals surface area contributed by atoms with Gasteiger partial charge in [0.15, 0.2) is 0 Å². The summed E-state index contributed by atoms with van der Waals surface area (Å²) in [5.74, 6) is -0.302. The Morgan fingerprint density at radius 2 is 1.86 bits per heavy atom.